The monoisotopic (exact) mass is 298 g/mol. The van der Waals surface area contributed by atoms with Crippen LogP contribution in [0, 0.1) is 0 Å². The first-order valence-electron chi connectivity index (χ1n) is 7.31. The summed E-state index contributed by atoms with van der Waals surface area (Å²) in [6, 6.07) is 1.94. The number of hydrogen-bond donors (Lipinski definition) is 0. The number of imidazole rings is 1. The summed E-state index contributed by atoms with van der Waals surface area (Å²) in [6.45, 7) is 1.39. The fourth-order valence-corrected chi connectivity index (χ4v) is 2.67. The highest BCUT2D eigenvalue weighted by Crippen LogP contribution is 2.21. The maximum Gasteiger partial charge on any atom is 0.236 e. The van der Waals surface area contributed by atoms with Crippen molar-refractivity contribution in [2.45, 2.75) is 19.0 Å². The minimum atomic E-state index is -0.685. The van der Waals surface area contributed by atoms with E-state index in [9.17, 15) is 4.39 Å². The Kier molecular flexibility index (Phi) is 3.17. The zero-order chi connectivity index (χ0) is 14.9. The van der Waals surface area contributed by atoms with Crippen molar-refractivity contribution in [1.82, 2.24) is 24.3 Å². The van der Waals surface area contributed by atoms with Crippen molar-refractivity contribution in [3.05, 3.63) is 37.1 Å². The summed E-state index contributed by atoms with van der Waals surface area (Å²) in [6.07, 6.45) is 9.18. The lowest BCUT2D eigenvalue weighted by Crippen LogP contribution is -2.34. The summed E-state index contributed by atoms with van der Waals surface area (Å²) >= 11 is 0. The third-order valence-corrected chi connectivity index (χ3v) is 3.89. The lowest BCUT2D eigenvalue weighted by molar-refractivity contribution is 0.277. The molecular weight excluding hydrogens is 283 g/mol. The first kappa shape index (κ1) is 13.1. The van der Waals surface area contributed by atoms with Gasteiger partial charge in [-0.05, 0) is 18.9 Å². The summed E-state index contributed by atoms with van der Waals surface area (Å²) in [5, 5.41) is 0. The van der Waals surface area contributed by atoms with Gasteiger partial charge >= 0.3 is 0 Å². The molecule has 6 nitrogen and oxygen atoms in total. The van der Waals surface area contributed by atoms with Crippen LogP contribution < -0.4 is 4.90 Å². The maximum atomic E-state index is 13.2. The van der Waals surface area contributed by atoms with E-state index < -0.39 is 6.17 Å². The molecule has 4 heterocycles. The van der Waals surface area contributed by atoms with Crippen LogP contribution in [-0.4, -0.2) is 43.6 Å². The molecule has 3 aromatic heterocycles. The molecule has 4 rings (SSSR count). The third kappa shape index (κ3) is 2.38. The van der Waals surface area contributed by atoms with E-state index in [1.54, 1.807) is 18.6 Å². The Hall–Kier alpha value is -2.57. The molecule has 0 atom stereocenters. The van der Waals surface area contributed by atoms with Gasteiger partial charge in [0.15, 0.2) is 0 Å². The quantitative estimate of drug-likeness (QED) is 0.725. The van der Waals surface area contributed by atoms with E-state index in [-0.39, 0.29) is 0 Å². The third-order valence-electron chi connectivity index (χ3n) is 3.89. The predicted molar refractivity (Wildman–Crippen MR) is 80.4 cm³/mol. The second-order valence-corrected chi connectivity index (χ2v) is 5.37. The van der Waals surface area contributed by atoms with Gasteiger partial charge in [-0.25, -0.2) is 9.37 Å². The normalized spacial score (nSPS) is 16.3. The van der Waals surface area contributed by atoms with Gasteiger partial charge < -0.3 is 4.90 Å². The van der Waals surface area contributed by atoms with Gasteiger partial charge in [0.05, 0.1) is 6.20 Å². The molecule has 0 aliphatic carbocycles. The topological polar surface area (TPSA) is 59.2 Å². The molecule has 0 unspecified atom stereocenters. The number of nitrogens with zero attached hydrogens (tertiary/aromatic N) is 6. The average Bonchev–Trinajstić information content (AvgIpc) is 2.99. The number of anilines is 1. The fourth-order valence-electron chi connectivity index (χ4n) is 2.67. The van der Waals surface area contributed by atoms with Gasteiger partial charge in [-0.3, -0.25) is 14.4 Å². The van der Waals surface area contributed by atoms with Crippen LogP contribution in [0.1, 0.15) is 12.8 Å². The van der Waals surface area contributed by atoms with E-state index in [2.05, 4.69) is 24.8 Å². The second kappa shape index (κ2) is 5.32. The summed E-state index contributed by atoms with van der Waals surface area (Å²) in [7, 11) is 0. The molecule has 0 aromatic carbocycles. The number of alkyl halides is 1. The minimum absolute atomic E-state index is 0.562. The largest absolute Gasteiger partial charge is 0.356 e. The van der Waals surface area contributed by atoms with E-state index in [1.165, 1.54) is 0 Å². The molecule has 3 aromatic rings. The number of hydrogen-bond acceptors (Lipinski definition) is 5. The van der Waals surface area contributed by atoms with Gasteiger partial charge in [-0.1, -0.05) is 0 Å². The molecule has 22 heavy (non-hydrogen) atoms. The molecule has 0 bridgehead atoms. The van der Waals surface area contributed by atoms with Gasteiger partial charge in [0.25, 0.3) is 0 Å². The Morgan fingerprint density at radius 3 is 2.73 bits per heavy atom. The van der Waals surface area contributed by atoms with Crippen molar-refractivity contribution in [2.75, 3.05) is 18.0 Å². The van der Waals surface area contributed by atoms with E-state index in [1.807, 2.05) is 22.9 Å². The molecular formula is C15H15FN6. The van der Waals surface area contributed by atoms with Gasteiger partial charge in [0.1, 0.15) is 23.4 Å². The fraction of sp³-hybridized carbons (Fsp3) is 0.333. The summed E-state index contributed by atoms with van der Waals surface area (Å²) in [5.74, 6) is 1.45. The molecule has 0 saturated carbocycles. The second-order valence-electron chi connectivity index (χ2n) is 5.37. The molecule has 1 aliphatic heterocycles. The minimum Gasteiger partial charge on any atom is -0.356 e. The number of rotatable bonds is 2. The van der Waals surface area contributed by atoms with Crippen LogP contribution in [0.5, 0.6) is 0 Å². The molecule has 0 amide bonds. The van der Waals surface area contributed by atoms with Crippen LogP contribution in [0.15, 0.2) is 37.1 Å². The molecule has 0 N–H and O–H groups in total. The van der Waals surface area contributed by atoms with Crippen LogP contribution in [0.4, 0.5) is 10.2 Å². The maximum absolute atomic E-state index is 13.2. The highest BCUT2D eigenvalue weighted by molar-refractivity contribution is 5.57. The number of fused-ring (bicyclic) bond motifs is 1. The Labute approximate surface area is 126 Å². The molecule has 1 aliphatic rings. The van der Waals surface area contributed by atoms with Crippen LogP contribution in [0.3, 0.4) is 0 Å². The molecule has 0 radical (unpaired) electrons. The zero-order valence-corrected chi connectivity index (χ0v) is 11.9. The SMILES string of the molecule is FC1CCN(c2ccn3cc(-c4cnccn4)nc3n2)CC1. The zero-order valence-electron chi connectivity index (χ0n) is 11.9. The number of aromatic nitrogens is 5. The highest BCUT2D eigenvalue weighted by Gasteiger charge is 2.20. The smallest absolute Gasteiger partial charge is 0.236 e. The lowest BCUT2D eigenvalue weighted by atomic mass is 10.1. The molecule has 1 saturated heterocycles. The Morgan fingerprint density at radius 1 is 1.09 bits per heavy atom. The standard InChI is InChI=1S/C15H15FN6/c16-11-1-6-21(7-2-11)14-3-8-22-10-13(19-15(22)20-14)12-9-17-4-5-18-12/h3-5,8-11H,1-2,6-7H2. The van der Waals surface area contributed by atoms with Crippen molar-refractivity contribution in [3.63, 3.8) is 0 Å². The average molecular weight is 298 g/mol. The van der Waals surface area contributed by atoms with Crippen molar-refractivity contribution in [3.8, 4) is 11.4 Å². The van der Waals surface area contributed by atoms with Crippen molar-refractivity contribution < 1.29 is 4.39 Å². The van der Waals surface area contributed by atoms with Crippen LogP contribution >= 0.6 is 0 Å². The number of piperidine rings is 1. The summed E-state index contributed by atoms with van der Waals surface area (Å²) in [5.41, 5.74) is 1.45. The molecule has 1 fully saturated rings. The summed E-state index contributed by atoms with van der Waals surface area (Å²) in [4.78, 5) is 19.5. The molecule has 7 heteroatoms. The van der Waals surface area contributed by atoms with E-state index in [0.29, 0.717) is 37.4 Å². The van der Waals surface area contributed by atoms with Gasteiger partial charge in [-0.15, -0.1) is 0 Å². The highest BCUT2D eigenvalue weighted by atomic mass is 19.1. The Morgan fingerprint density at radius 2 is 1.95 bits per heavy atom. The Bertz CT molecular complexity index is 779. The first-order valence-corrected chi connectivity index (χ1v) is 7.31. The lowest BCUT2D eigenvalue weighted by Gasteiger charge is -2.29. The predicted octanol–water partition coefficient (Wildman–Crippen LogP) is 2.12. The van der Waals surface area contributed by atoms with Crippen molar-refractivity contribution >= 4 is 11.6 Å². The van der Waals surface area contributed by atoms with E-state index in [0.717, 1.165) is 11.5 Å². The number of halogens is 1. The van der Waals surface area contributed by atoms with Crippen molar-refractivity contribution in [1.29, 1.82) is 0 Å². The van der Waals surface area contributed by atoms with Crippen LogP contribution in [0.2, 0.25) is 0 Å². The molecule has 0 spiro atoms. The molecule has 112 valence electrons. The van der Waals surface area contributed by atoms with Crippen LogP contribution in [-0.2, 0) is 0 Å². The van der Waals surface area contributed by atoms with Crippen LogP contribution in [0.25, 0.3) is 17.2 Å². The van der Waals surface area contributed by atoms with Gasteiger partial charge in [0, 0.05) is 37.9 Å². The van der Waals surface area contributed by atoms with E-state index in [4.69, 9.17) is 0 Å². The van der Waals surface area contributed by atoms with Gasteiger partial charge in [-0.2, -0.15) is 4.98 Å². The van der Waals surface area contributed by atoms with Crippen molar-refractivity contribution in [2.24, 2.45) is 0 Å². The van der Waals surface area contributed by atoms with Gasteiger partial charge in [0.2, 0.25) is 5.78 Å². The first-order chi connectivity index (χ1) is 10.8. The van der Waals surface area contributed by atoms with E-state index >= 15 is 0 Å². The summed E-state index contributed by atoms with van der Waals surface area (Å²) < 4.78 is 15.1. The Balaban J connectivity index is 1.66.